The predicted octanol–water partition coefficient (Wildman–Crippen LogP) is 4.05. The monoisotopic (exact) mass is 254 g/mol. The number of alkyl halides is 2. The molecule has 0 fully saturated rings. The first-order chi connectivity index (χ1) is 8.54. The van der Waals surface area contributed by atoms with Crippen molar-refractivity contribution in [1.29, 1.82) is 0 Å². The smallest absolute Gasteiger partial charge is 0.280 e. The molecular weight excluding hydrogens is 241 g/mol. The summed E-state index contributed by atoms with van der Waals surface area (Å²) in [4.78, 5) is 3.71. The summed E-state index contributed by atoms with van der Waals surface area (Å²) in [5, 5.41) is 3.47. The Bertz CT molecular complexity index is 582. The molecule has 18 heavy (non-hydrogen) atoms. The Morgan fingerprint density at radius 1 is 1.33 bits per heavy atom. The van der Waals surface area contributed by atoms with Gasteiger partial charge in [0.15, 0.2) is 5.82 Å². The second-order valence-corrected chi connectivity index (χ2v) is 4.02. The zero-order chi connectivity index (χ0) is 13.3. The van der Waals surface area contributed by atoms with Crippen LogP contribution in [0, 0.1) is 12.7 Å². The van der Waals surface area contributed by atoms with E-state index < -0.39 is 17.9 Å². The normalized spacial score (nSPS) is 11.2. The van der Waals surface area contributed by atoms with Crippen LogP contribution in [0.15, 0.2) is 18.2 Å². The van der Waals surface area contributed by atoms with Crippen LogP contribution in [0.3, 0.4) is 0 Å². The number of pyridine rings is 1. The molecule has 0 amide bonds. The Balaban J connectivity index is 2.77. The number of halogens is 3. The van der Waals surface area contributed by atoms with E-state index in [0.29, 0.717) is 23.2 Å². The van der Waals surface area contributed by atoms with Gasteiger partial charge in [-0.05, 0) is 25.5 Å². The van der Waals surface area contributed by atoms with Gasteiger partial charge < -0.3 is 5.32 Å². The number of nitrogens with one attached hydrogen (secondary N) is 1. The second-order valence-electron chi connectivity index (χ2n) is 4.02. The minimum absolute atomic E-state index is 0.0104. The topological polar surface area (TPSA) is 24.9 Å². The zero-order valence-corrected chi connectivity index (χ0v) is 10.1. The van der Waals surface area contributed by atoms with Crippen LogP contribution in [-0.2, 0) is 0 Å². The van der Waals surface area contributed by atoms with Crippen molar-refractivity contribution in [2.75, 3.05) is 11.9 Å². The van der Waals surface area contributed by atoms with Crippen molar-refractivity contribution < 1.29 is 13.2 Å². The van der Waals surface area contributed by atoms with Gasteiger partial charge >= 0.3 is 0 Å². The molecule has 1 N–H and O–H groups in total. The van der Waals surface area contributed by atoms with E-state index >= 15 is 0 Å². The number of hydrogen-bond donors (Lipinski definition) is 1. The van der Waals surface area contributed by atoms with Crippen LogP contribution >= 0.6 is 0 Å². The third-order valence-electron chi connectivity index (χ3n) is 2.72. The highest BCUT2D eigenvalue weighted by atomic mass is 19.3. The number of hydrogen-bond acceptors (Lipinski definition) is 2. The molecule has 96 valence electrons. The van der Waals surface area contributed by atoms with Crippen LogP contribution in [0.1, 0.15) is 24.6 Å². The highest BCUT2D eigenvalue weighted by Crippen LogP contribution is 2.30. The van der Waals surface area contributed by atoms with Crippen molar-refractivity contribution in [3.05, 3.63) is 35.3 Å². The molecule has 0 saturated heterocycles. The molecule has 0 saturated carbocycles. The molecule has 0 atom stereocenters. The summed E-state index contributed by atoms with van der Waals surface area (Å²) in [7, 11) is 0. The first kappa shape index (κ1) is 12.7. The molecule has 0 bridgehead atoms. The van der Waals surface area contributed by atoms with Crippen LogP contribution in [0.5, 0.6) is 0 Å². The third kappa shape index (κ3) is 2.12. The lowest BCUT2D eigenvalue weighted by atomic mass is 10.1. The molecule has 0 aliphatic heterocycles. The molecule has 5 heteroatoms. The fraction of sp³-hybridized carbons (Fsp3) is 0.308. The molecule has 2 rings (SSSR count). The van der Waals surface area contributed by atoms with Crippen molar-refractivity contribution in [3.63, 3.8) is 0 Å². The number of aromatic nitrogens is 1. The minimum atomic E-state index is -2.72. The summed E-state index contributed by atoms with van der Waals surface area (Å²) in [6.07, 6.45) is -2.72. The average Bonchev–Trinajstić information content (AvgIpc) is 2.34. The summed E-state index contributed by atoms with van der Waals surface area (Å²) < 4.78 is 39.4. The number of benzene rings is 1. The zero-order valence-electron chi connectivity index (χ0n) is 10.1. The Kier molecular flexibility index (Phi) is 3.41. The molecular formula is C13H13F3N2. The second kappa shape index (κ2) is 4.84. The lowest BCUT2D eigenvalue weighted by Crippen LogP contribution is -2.02. The van der Waals surface area contributed by atoms with Gasteiger partial charge in [-0.15, -0.1) is 0 Å². The first-order valence-electron chi connectivity index (χ1n) is 5.66. The van der Waals surface area contributed by atoms with Gasteiger partial charge in [0.05, 0.1) is 0 Å². The minimum Gasteiger partial charge on any atom is -0.385 e. The maximum absolute atomic E-state index is 13.9. The summed E-state index contributed by atoms with van der Waals surface area (Å²) in [6, 6.07) is 4.57. The van der Waals surface area contributed by atoms with Crippen molar-refractivity contribution in [2.45, 2.75) is 20.3 Å². The van der Waals surface area contributed by atoms with Gasteiger partial charge in [0, 0.05) is 17.6 Å². The lowest BCUT2D eigenvalue weighted by Gasteiger charge is -2.11. The van der Waals surface area contributed by atoms with Crippen molar-refractivity contribution in [3.8, 4) is 0 Å². The van der Waals surface area contributed by atoms with E-state index in [1.807, 2.05) is 6.92 Å². The molecule has 1 heterocycles. The van der Waals surface area contributed by atoms with E-state index in [-0.39, 0.29) is 5.52 Å². The Hall–Kier alpha value is -1.78. The average molecular weight is 254 g/mol. The number of rotatable bonds is 3. The number of nitrogens with zero attached hydrogens (tertiary/aromatic N) is 1. The van der Waals surface area contributed by atoms with E-state index in [1.54, 1.807) is 19.1 Å². The van der Waals surface area contributed by atoms with Gasteiger partial charge in [-0.3, -0.25) is 0 Å². The van der Waals surface area contributed by atoms with Crippen LogP contribution in [0.25, 0.3) is 10.9 Å². The van der Waals surface area contributed by atoms with Gasteiger partial charge in [0.25, 0.3) is 6.43 Å². The maximum Gasteiger partial charge on any atom is 0.280 e. The summed E-state index contributed by atoms with van der Waals surface area (Å²) in [5.41, 5.74) is 0.451. The molecule has 0 unspecified atom stereocenters. The van der Waals surface area contributed by atoms with Crippen LogP contribution < -0.4 is 5.32 Å². The Morgan fingerprint density at radius 2 is 2.06 bits per heavy atom. The molecule has 1 aromatic carbocycles. The molecule has 0 aliphatic rings. The Morgan fingerprint density at radius 3 is 2.67 bits per heavy atom. The first-order valence-corrected chi connectivity index (χ1v) is 5.66. The number of fused-ring (bicyclic) bond motifs is 1. The van der Waals surface area contributed by atoms with E-state index in [4.69, 9.17) is 0 Å². The molecule has 0 radical (unpaired) electrons. The molecule has 0 aliphatic carbocycles. The van der Waals surface area contributed by atoms with E-state index in [9.17, 15) is 13.2 Å². The molecule has 1 aromatic heterocycles. The lowest BCUT2D eigenvalue weighted by molar-refractivity contribution is 0.146. The summed E-state index contributed by atoms with van der Waals surface area (Å²) >= 11 is 0. The highest BCUT2D eigenvalue weighted by molar-refractivity contribution is 5.92. The number of aryl methyl sites for hydroxylation is 1. The van der Waals surface area contributed by atoms with Gasteiger partial charge in [0.2, 0.25) is 0 Å². The molecule has 2 nitrogen and oxygen atoms in total. The maximum atomic E-state index is 13.9. The summed E-state index contributed by atoms with van der Waals surface area (Å²) in [5.74, 6) is -0.547. The highest BCUT2D eigenvalue weighted by Gasteiger charge is 2.16. The van der Waals surface area contributed by atoms with E-state index in [1.165, 1.54) is 6.07 Å². The van der Waals surface area contributed by atoms with Crippen LogP contribution in [-0.4, -0.2) is 11.5 Å². The summed E-state index contributed by atoms with van der Waals surface area (Å²) in [6.45, 7) is 3.99. The van der Waals surface area contributed by atoms with Gasteiger partial charge in [-0.2, -0.15) is 0 Å². The standard InChI is InChI=1S/C13H13F3N2/c1-3-17-9-6-10(13(15)16)18-12-8(9)5-4-7(2)11(12)14/h4-6,13H,3H2,1-2H3,(H,17,18). The van der Waals surface area contributed by atoms with Crippen LogP contribution in [0.2, 0.25) is 0 Å². The predicted molar refractivity (Wildman–Crippen MR) is 65.6 cm³/mol. The SMILES string of the molecule is CCNc1cc(C(F)F)nc2c(F)c(C)ccc12. The van der Waals surface area contributed by atoms with E-state index in [0.717, 1.165) is 0 Å². The van der Waals surface area contributed by atoms with Crippen molar-refractivity contribution >= 4 is 16.6 Å². The van der Waals surface area contributed by atoms with E-state index in [2.05, 4.69) is 10.3 Å². The van der Waals surface area contributed by atoms with Crippen LogP contribution in [0.4, 0.5) is 18.9 Å². The third-order valence-corrected chi connectivity index (χ3v) is 2.72. The largest absolute Gasteiger partial charge is 0.385 e. The fourth-order valence-corrected chi connectivity index (χ4v) is 1.83. The Labute approximate surface area is 103 Å². The van der Waals surface area contributed by atoms with Crippen molar-refractivity contribution in [2.24, 2.45) is 0 Å². The molecule has 0 spiro atoms. The quantitative estimate of drug-likeness (QED) is 0.893. The number of anilines is 1. The molecule has 2 aromatic rings. The van der Waals surface area contributed by atoms with Gasteiger partial charge in [0.1, 0.15) is 11.2 Å². The van der Waals surface area contributed by atoms with Gasteiger partial charge in [-0.25, -0.2) is 18.2 Å². The van der Waals surface area contributed by atoms with Gasteiger partial charge in [-0.1, -0.05) is 12.1 Å². The fourth-order valence-electron chi connectivity index (χ4n) is 1.83. The van der Waals surface area contributed by atoms with Crippen molar-refractivity contribution in [1.82, 2.24) is 4.98 Å².